The van der Waals surface area contributed by atoms with Crippen LogP contribution in [0.2, 0.25) is 0 Å². The number of benzene rings is 1. The number of phenols is 1. The van der Waals surface area contributed by atoms with Crippen LogP contribution in [0, 0.1) is 0 Å². The summed E-state index contributed by atoms with van der Waals surface area (Å²) in [4.78, 5) is 0. The molecule has 0 fully saturated rings. The van der Waals surface area contributed by atoms with Gasteiger partial charge >= 0.3 is 0 Å². The number of hydrogen-bond acceptors (Lipinski definition) is 3. The van der Waals surface area contributed by atoms with Gasteiger partial charge in [0.15, 0.2) is 17.2 Å². The largest absolute Gasteiger partial charge is 0.505 e. The molecule has 0 heterocycles. The fourth-order valence-corrected chi connectivity index (χ4v) is 3.59. The predicted molar refractivity (Wildman–Crippen MR) is 73.5 cm³/mol. The molecule has 1 aromatic carbocycles. The number of ether oxygens (including phenoxy) is 2. The molecule has 0 bridgehead atoms. The van der Waals surface area contributed by atoms with Crippen molar-refractivity contribution in [2.24, 2.45) is 0 Å². The lowest BCUT2D eigenvalue weighted by molar-refractivity contribution is 0.311. The third kappa shape index (κ3) is 2.65. The van der Waals surface area contributed by atoms with E-state index in [1.165, 1.54) is 0 Å². The van der Waals surface area contributed by atoms with Crippen molar-refractivity contribution >= 4 is 47.8 Å². The maximum Gasteiger partial charge on any atom is 0.155 e. The van der Waals surface area contributed by atoms with Crippen LogP contribution < -0.4 is 9.47 Å². The topological polar surface area (TPSA) is 38.7 Å². The van der Waals surface area contributed by atoms with Gasteiger partial charge in [-0.2, -0.15) is 0 Å². The first kappa shape index (κ1) is 14.1. The molecule has 90 valence electrons. The molecule has 0 atom stereocenters. The minimum absolute atomic E-state index is 0.0649. The summed E-state index contributed by atoms with van der Waals surface area (Å²) in [6.45, 7) is 4.75. The minimum atomic E-state index is 0.0649. The lowest BCUT2D eigenvalue weighted by Crippen LogP contribution is -1.99. The molecule has 0 unspecified atom stereocenters. The van der Waals surface area contributed by atoms with Gasteiger partial charge in [-0.1, -0.05) is 0 Å². The number of phenolic OH excluding ortho intramolecular Hbond substituents is 1. The van der Waals surface area contributed by atoms with Crippen LogP contribution in [0.15, 0.2) is 13.4 Å². The van der Waals surface area contributed by atoms with Gasteiger partial charge in [-0.05, 0) is 61.6 Å². The molecular weight excluding hydrogens is 408 g/mol. The van der Waals surface area contributed by atoms with E-state index in [9.17, 15) is 5.11 Å². The van der Waals surface area contributed by atoms with Crippen LogP contribution in [0.25, 0.3) is 0 Å². The van der Waals surface area contributed by atoms with Crippen molar-refractivity contribution in [3.63, 3.8) is 0 Å². The molecule has 16 heavy (non-hydrogen) atoms. The van der Waals surface area contributed by atoms with Crippen molar-refractivity contribution in [3.8, 4) is 17.2 Å². The van der Waals surface area contributed by atoms with Gasteiger partial charge < -0.3 is 14.6 Å². The van der Waals surface area contributed by atoms with E-state index in [2.05, 4.69) is 47.8 Å². The van der Waals surface area contributed by atoms with Crippen molar-refractivity contribution in [3.05, 3.63) is 13.4 Å². The van der Waals surface area contributed by atoms with E-state index in [0.29, 0.717) is 38.1 Å². The van der Waals surface area contributed by atoms with Gasteiger partial charge in [0.05, 0.1) is 13.2 Å². The van der Waals surface area contributed by atoms with E-state index in [1.807, 2.05) is 13.8 Å². The maximum absolute atomic E-state index is 9.87. The molecule has 1 aromatic rings. The highest BCUT2D eigenvalue weighted by molar-refractivity contribution is 9.11. The van der Waals surface area contributed by atoms with Crippen LogP contribution in [-0.4, -0.2) is 18.3 Å². The number of halogens is 3. The van der Waals surface area contributed by atoms with Gasteiger partial charge in [-0.15, -0.1) is 0 Å². The third-order valence-electron chi connectivity index (χ3n) is 1.79. The normalized spacial score (nSPS) is 10.3. The number of rotatable bonds is 4. The molecule has 0 aromatic heterocycles. The van der Waals surface area contributed by atoms with Crippen LogP contribution in [0.4, 0.5) is 0 Å². The van der Waals surface area contributed by atoms with E-state index in [0.717, 1.165) is 0 Å². The molecule has 1 rings (SSSR count). The van der Waals surface area contributed by atoms with E-state index >= 15 is 0 Å². The van der Waals surface area contributed by atoms with Crippen molar-refractivity contribution in [2.45, 2.75) is 13.8 Å². The minimum Gasteiger partial charge on any atom is -0.505 e. The fourth-order valence-electron chi connectivity index (χ4n) is 1.15. The van der Waals surface area contributed by atoms with Gasteiger partial charge in [-0.3, -0.25) is 0 Å². The lowest BCUT2D eigenvalue weighted by Gasteiger charge is -2.16. The second-order valence-corrected chi connectivity index (χ2v) is 5.19. The summed E-state index contributed by atoms with van der Waals surface area (Å²) in [7, 11) is 0. The van der Waals surface area contributed by atoms with Gasteiger partial charge in [0.25, 0.3) is 0 Å². The summed E-state index contributed by atoms with van der Waals surface area (Å²) < 4.78 is 12.5. The van der Waals surface area contributed by atoms with E-state index in [4.69, 9.17) is 9.47 Å². The summed E-state index contributed by atoms with van der Waals surface area (Å²) in [6.07, 6.45) is 0. The van der Waals surface area contributed by atoms with Crippen molar-refractivity contribution in [1.82, 2.24) is 0 Å². The highest BCUT2D eigenvalue weighted by Gasteiger charge is 2.21. The van der Waals surface area contributed by atoms with Gasteiger partial charge in [-0.25, -0.2) is 0 Å². The van der Waals surface area contributed by atoms with Crippen LogP contribution in [0.3, 0.4) is 0 Å². The first-order valence-electron chi connectivity index (χ1n) is 4.69. The highest BCUT2D eigenvalue weighted by atomic mass is 79.9. The van der Waals surface area contributed by atoms with Gasteiger partial charge in [0, 0.05) is 0 Å². The average Bonchev–Trinajstić information content (AvgIpc) is 2.28. The van der Waals surface area contributed by atoms with Crippen LogP contribution in [0.5, 0.6) is 17.2 Å². The zero-order valence-electron chi connectivity index (χ0n) is 8.81. The quantitative estimate of drug-likeness (QED) is 0.783. The Morgan fingerprint density at radius 1 is 0.875 bits per heavy atom. The standard InChI is InChI=1S/C10H11Br3O3/c1-3-15-9-5(11)8(14)6(12)10(7(9)13)16-4-2/h14H,3-4H2,1-2H3. The number of aromatic hydroxyl groups is 1. The summed E-state index contributed by atoms with van der Waals surface area (Å²) in [5.74, 6) is 1.13. The second kappa shape index (κ2) is 6.12. The predicted octanol–water partition coefficient (Wildman–Crippen LogP) is 4.48. The van der Waals surface area contributed by atoms with Crippen LogP contribution in [0.1, 0.15) is 13.8 Å². The molecule has 3 nitrogen and oxygen atoms in total. The monoisotopic (exact) mass is 416 g/mol. The Morgan fingerprint density at radius 3 is 1.56 bits per heavy atom. The second-order valence-electron chi connectivity index (χ2n) is 2.81. The van der Waals surface area contributed by atoms with E-state index in [-0.39, 0.29) is 5.75 Å². The molecule has 0 aliphatic rings. The first-order chi connectivity index (χ1) is 7.54. The smallest absolute Gasteiger partial charge is 0.155 e. The Hall–Kier alpha value is 0.0600. The summed E-state index contributed by atoms with van der Waals surface area (Å²) in [5.41, 5.74) is 0. The molecule has 1 N–H and O–H groups in total. The summed E-state index contributed by atoms with van der Waals surface area (Å²) >= 11 is 9.95. The van der Waals surface area contributed by atoms with Crippen molar-refractivity contribution in [1.29, 1.82) is 0 Å². The van der Waals surface area contributed by atoms with Crippen LogP contribution in [-0.2, 0) is 0 Å². The lowest BCUT2D eigenvalue weighted by atomic mass is 10.3. The SMILES string of the molecule is CCOc1c(Br)c(O)c(Br)c(OCC)c1Br. The molecule has 6 heteroatoms. The van der Waals surface area contributed by atoms with E-state index in [1.54, 1.807) is 0 Å². The van der Waals surface area contributed by atoms with Gasteiger partial charge in [0.1, 0.15) is 13.4 Å². The molecule has 0 amide bonds. The van der Waals surface area contributed by atoms with Gasteiger partial charge in [0.2, 0.25) is 0 Å². The summed E-state index contributed by atoms with van der Waals surface area (Å²) in [5, 5.41) is 9.87. The molecule has 0 aliphatic carbocycles. The Bertz CT molecular complexity index is 360. The molecular formula is C10H11Br3O3. The summed E-state index contributed by atoms with van der Waals surface area (Å²) in [6, 6.07) is 0. The molecule has 0 aliphatic heterocycles. The highest BCUT2D eigenvalue weighted by Crippen LogP contribution is 2.51. The first-order valence-corrected chi connectivity index (χ1v) is 7.07. The Labute approximate surface area is 120 Å². The van der Waals surface area contributed by atoms with Crippen molar-refractivity contribution in [2.75, 3.05) is 13.2 Å². The third-order valence-corrected chi connectivity index (χ3v) is 3.98. The average molecular weight is 419 g/mol. The Morgan fingerprint density at radius 2 is 1.25 bits per heavy atom. The number of hydrogen-bond donors (Lipinski definition) is 1. The van der Waals surface area contributed by atoms with Crippen LogP contribution >= 0.6 is 47.8 Å². The fraction of sp³-hybridized carbons (Fsp3) is 0.400. The molecule has 0 saturated carbocycles. The van der Waals surface area contributed by atoms with E-state index < -0.39 is 0 Å². The zero-order chi connectivity index (χ0) is 12.3. The molecule has 0 saturated heterocycles. The Kier molecular flexibility index (Phi) is 5.40. The zero-order valence-corrected chi connectivity index (χ0v) is 13.6. The maximum atomic E-state index is 9.87. The Balaban J connectivity index is 3.39. The molecule has 0 radical (unpaired) electrons. The molecule has 0 spiro atoms. The van der Waals surface area contributed by atoms with Crippen molar-refractivity contribution < 1.29 is 14.6 Å².